The van der Waals surface area contributed by atoms with E-state index in [0.717, 1.165) is 72.2 Å². The van der Waals surface area contributed by atoms with Gasteiger partial charge >= 0.3 is 0 Å². The molecule has 6 aliphatic rings. The fourth-order valence-electron chi connectivity index (χ4n) is 11.7. The van der Waals surface area contributed by atoms with E-state index in [1.807, 2.05) is 72.8 Å². The molecule has 13 rings (SSSR count). The molecule has 2 atom stereocenters. The molecule has 2 unspecified atom stereocenters. The number of amides is 4. The largest absolute Gasteiger partial charge is 0.871 e. The molecule has 0 saturated heterocycles. The molecule has 0 aromatic heterocycles. The molecule has 8 bridgehead atoms. The van der Waals surface area contributed by atoms with Crippen molar-refractivity contribution in [1.29, 1.82) is 0 Å². The normalized spacial score (nSPS) is 15.1. The number of rotatable bonds is 12. The van der Waals surface area contributed by atoms with Crippen molar-refractivity contribution in [1.82, 2.24) is 21.3 Å². The second-order valence-electron chi connectivity index (χ2n) is 23.0. The molecule has 4 aliphatic heterocycles. The number of hydrogen-bond acceptors (Lipinski definition) is 7. The van der Waals surface area contributed by atoms with Crippen LogP contribution in [-0.4, -0.2) is 51.8 Å². The Kier molecular flexibility index (Phi) is 20.8. The zero-order chi connectivity index (χ0) is 62.4. The molecule has 4 heterocycles. The molecule has 0 spiro atoms. The van der Waals surface area contributed by atoms with Crippen LogP contribution in [0.2, 0.25) is 0 Å². The zero-order valence-corrected chi connectivity index (χ0v) is 51.9. The first kappa shape index (κ1) is 62.8. The van der Waals surface area contributed by atoms with Crippen LogP contribution < -0.4 is 31.3 Å². The Morgan fingerprint density at radius 3 is 1.31 bits per heavy atom. The second kappa shape index (κ2) is 29.1. The topological polar surface area (TPSA) is 163 Å². The van der Waals surface area contributed by atoms with Crippen molar-refractivity contribution in [2.75, 3.05) is 4.90 Å². The number of aryl methyl sites for hydroxylation is 4. The Bertz CT molecular complexity index is 3660. The Hall–Kier alpha value is -9.68. The van der Waals surface area contributed by atoms with Gasteiger partial charge in [-0.2, -0.15) is 4.58 Å². The third kappa shape index (κ3) is 14.9. The molecule has 12 nitrogen and oxygen atoms in total. The molecule has 0 saturated carbocycles. The highest BCUT2D eigenvalue weighted by molar-refractivity contribution is 6.39. The van der Waals surface area contributed by atoms with Crippen molar-refractivity contribution in [2.24, 2.45) is 0 Å². The van der Waals surface area contributed by atoms with E-state index in [1.165, 1.54) is 33.6 Å². The van der Waals surface area contributed by atoms with Gasteiger partial charge in [0.05, 0.1) is 0 Å². The van der Waals surface area contributed by atoms with E-state index in [0.29, 0.717) is 71.7 Å². The van der Waals surface area contributed by atoms with Crippen LogP contribution >= 0.6 is 0 Å². The number of benzene rings is 7. The molecular formula is C76H80N6O6. The quantitative estimate of drug-likeness (QED) is 0.0699. The van der Waals surface area contributed by atoms with Crippen LogP contribution in [0.1, 0.15) is 158 Å². The maximum atomic E-state index is 13.6. The van der Waals surface area contributed by atoms with Crippen molar-refractivity contribution in [3.05, 3.63) is 271 Å². The number of allylic oxidation sites excluding steroid dienone is 7. The second-order valence-corrected chi connectivity index (χ2v) is 23.0. The Balaban J connectivity index is 0.000000213. The van der Waals surface area contributed by atoms with E-state index in [1.54, 1.807) is 48.5 Å². The van der Waals surface area contributed by atoms with E-state index in [9.17, 15) is 29.1 Å². The number of hydrogen-bond donors (Lipinski definition) is 4. The lowest BCUT2D eigenvalue weighted by Gasteiger charge is -2.35. The number of carbonyl (C=O) groups excluding carboxylic acids is 5. The van der Waals surface area contributed by atoms with Crippen LogP contribution in [0.5, 0.6) is 0 Å². The standard InChI is InChI=1S/C44H52N2O2.C32H28N4O4/c1-9-13-35(11-3)45(39-25-15-29(5)27-31(39)7)37-21-17-33(18-22-37)41-43(47)42(44(41)48)34-19-23-38(24-20-34)46(36(12-4)14-10-2)40-26-16-30(6)28-32(40)8;37-29-25-3-1-4-26(15-25)30(38)34-18-22-9-13-24(14-10-22)20-36-32(40)28-6-2-5-27(16-28)31(39)35-19-23-11-7-21(8-12-23)17-33-29/h15-28,35-36H,9-14H2,1-8H3;1-16H,17-20H2,(H,33,37)(H,34,38)(H,35,39)(H,36,40). The van der Waals surface area contributed by atoms with Crippen LogP contribution in [0, 0.1) is 27.7 Å². The highest BCUT2D eigenvalue weighted by atomic mass is 16.3. The summed E-state index contributed by atoms with van der Waals surface area (Å²) >= 11 is 0. The van der Waals surface area contributed by atoms with Gasteiger partial charge in [-0.05, 0) is 159 Å². The molecular weight excluding hydrogens is 1090 g/mol. The van der Waals surface area contributed by atoms with Gasteiger partial charge < -0.3 is 31.3 Å². The lowest BCUT2D eigenvalue weighted by molar-refractivity contribution is -0.486. The van der Waals surface area contributed by atoms with Crippen LogP contribution in [0.3, 0.4) is 0 Å². The number of nitrogens with one attached hydrogen (secondary N) is 4. The van der Waals surface area contributed by atoms with Crippen molar-refractivity contribution in [3.8, 4) is 0 Å². The van der Waals surface area contributed by atoms with Gasteiger partial charge in [0.1, 0.15) is 0 Å². The number of nitrogens with zero attached hydrogens (tertiary/aromatic N) is 2. The predicted octanol–water partition coefficient (Wildman–Crippen LogP) is 13.8. The average molecular weight is 1170 g/mol. The first-order chi connectivity index (χ1) is 42.6. The first-order valence-electron chi connectivity index (χ1n) is 30.8. The van der Waals surface area contributed by atoms with E-state index in [-0.39, 0.29) is 46.3 Å². The molecule has 0 radical (unpaired) electrons. The third-order valence-corrected chi connectivity index (χ3v) is 16.5. The van der Waals surface area contributed by atoms with Gasteiger partial charge in [0.25, 0.3) is 23.6 Å². The summed E-state index contributed by atoms with van der Waals surface area (Å²) in [6, 6.07) is 50.2. The summed E-state index contributed by atoms with van der Waals surface area (Å²) in [6.45, 7) is 18.8. The SMILES string of the molecule is CCCC(CC)N(c1ccc(C2=C([O-])C(=C3C=CC(=[N+](c4ccc(C)cc4C)C(CC)CCC)C=C3)C2=O)cc1)c1ccc(C)cc1C.O=C1NCc2ccc(cc2)CNC(=O)c2cccc(c2)C(=O)NCc2ccc(cc2)CNC(=O)c2cccc1c2. The Morgan fingerprint density at radius 2 is 0.909 bits per heavy atom. The van der Waals surface area contributed by atoms with Gasteiger partial charge in [-0.25, -0.2) is 0 Å². The third-order valence-electron chi connectivity index (χ3n) is 16.5. The minimum absolute atomic E-state index is 0.173. The molecule has 7 aromatic carbocycles. The van der Waals surface area contributed by atoms with Gasteiger partial charge in [0.2, 0.25) is 11.4 Å². The van der Waals surface area contributed by atoms with E-state index < -0.39 is 0 Å². The van der Waals surface area contributed by atoms with E-state index >= 15 is 0 Å². The fraction of sp³-hybridized carbons (Fsp3) is 0.263. The van der Waals surface area contributed by atoms with Crippen LogP contribution in [0.15, 0.2) is 199 Å². The minimum atomic E-state index is -0.280. The lowest BCUT2D eigenvalue weighted by atomic mass is 9.80. The van der Waals surface area contributed by atoms with E-state index in [2.05, 4.69) is 147 Å². The monoisotopic (exact) mass is 1170 g/mol. The summed E-state index contributed by atoms with van der Waals surface area (Å²) in [6.07, 6.45) is 14.4. The number of anilines is 2. The number of carbonyl (C=O) groups is 5. The van der Waals surface area contributed by atoms with Gasteiger partial charge in [-0.3, -0.25) is 24.0 Å². The van der Waals surface area contributed by atoms with Crippen molar-refractivity contribution >= 4 is 57.8 Å². The van der Waals surface area contributed by atoms with Gasteiger partial charge in [-0.15, -0.1) is 0 Å². The van der Waals surface area contributed by atoms with Crippen molar-refractivity contribution in [3.63, 3.8) is 0 Å². The van der Waals surface area contributed by atoms with Crippen LogP contribution in [-0.2, 0) is 31.0 Å². The van der Waals surface area contributed by atoms with Crippen LogP contribution in [0.4, 0.5) is 17.1 Å². The first-order valence-corrected chi connectivity index (χ1v) is 30.8. The van der Waals surface area contributed by atoms with Crippen LogP contribution in [0.25, 0.3) is 5.57 Å². The van der Waals surface area contributed by atoms with Gasteiger partial charge in [0, 0.05) is 114 Å². The fourth-order valence-corrected chi connectivity index (χ4v) is 11.7. The van der Waals surface area contributed by atoms with E-state index in [4.69, 9.17) is 0 Å². The number of ketones is 1. The maximum Gasteiger partial charge on any atom is 0.251 e. The van der Waals surface area contributed by atoms with Gasteiger partial charge in [-0.1, -0.05) is 142 Å². The average Bonchev–Trinajstić information content (AvgIpc) is 1.10. The molecule has 0 fully saturated rings. The Labute approximate surface area is 518 Å². The molecule has 4 N–H and O–H groups in total. The number of Topliss-reactive ketones (excluding diaryl/α,β-unsaturated/α-hetero) is 1. The smallest absolute Gasteiger partial charge is 0.251 e. The molecule has 2 aliphatic carbocycles. The summed E-state index contributed by atoms with van der Waals surface area (Å²) in [5, 5.41) is 25.1. The predicted molar refractivity (Wildman–Crippen MR) is 351 cm³/mol. The van der Waals surface area contributed by atoms with Gasteiger partial charge in [0.15, 0.2) is 11.8 Å². The van der Waals surface area contributed by atoms with Crippen molar-refractivity contribution in [2.45, 2.75) is 132 Å². The summed E-state index contributed by atoms with van der Waals surface area (Å²) in [5.41, 5.74) is 16.6. The highest BCUT2D eigenvalue weighted by Crippen LogP contribution is 2.40. The summed E-state index contributed by atoms with van der Waals surface area (Å²) in [4.78, 5) is 67.0. The molecule has 4 amide bonds. The highest BCUT2D eigenvalue weighted by Gasteiger charge is 2.32. The maximum absolute atomic E-state index is 13.6. The molecule has 7 aromatic rings. The summed E-state index contributed by atoms with van der Waals surface area (Å²) in [7, 11) is 0. The molecule has 88 heavy (non-hydrogen) atoms. The zero-order valence-electron chi connectivity index (χ0n) is 51.9. The molecule has 12 heteroatoms. The lowest BCUT2D eigenvalue weighted by Crippen LogP contribution is -2.32. The minimum Gasteiger partial charge on any atom is -0.871 e. The molecule has 450 valence electrons. The Morgan fingerprint density at radius 1 is 0.466 bits per heavy atom. The summed E-state index contributed by atoms with van der Waals surface area (Å²) in [5.74, 6) is -1.47. The van der Waals surface area contributed by atoms with Crippen molar-refractivity contribution < 1.29 is 33.7 Å². The summed E-state index contributed by atoms with van der Waals surface area (Å²) < 4.78 is 2.43.